The van der Waals surface area contributed by atoms with Gasteiger partial charge in [-0.1, -0.05) is 211 Å². The lowest BCUT2D eigenvalue weighted by Gasteiger charge is -2.21. The van der Waals surface area contributed by atoms with Crippen LogP contribution in [-0.4, -0.2) is 66.5 Å². The third kappa shape index (κ3) is 48.7. The van der Waals surface area contributed by atoms with Crippen LogP contribution < -0.4 is 0 Å². The summed E-state index contributed by atoms with van der Waals surface area (Å²) in [5, 5.41) is 9.78. The molecule has 11 nitrogen and oxygen atoms in total. The summed E-state index contributed by atoms with van der Waals surface area (Å²) >= 11 is 0. The zero-order chi connectivity index (χ0) is 49.9. The molecular formula is C56H103O11P. The standard InChI is InChI=1S/C56H103O11P/c1-4-7-10-13-16-19-22-25-26-29-32-35-38-41-44-47-56(60)67-53(49-63-54(58)45-42-39-36-33-30-27-23-20-17-14-11-8-5-2)51-65-68(61,62)64-50-52(48-57)66-55(59)46-43-40-37-34-31-28-24-21-18-15-12-9-6-3/h12,15,21,24-26,52-53,57H,4-11,13-14,16-20,22-23,27-51H2,1-3H3,(H,61,62)/b15-12-,24-21-,26-25-. The summed E-state index contributed by atoms with van der Waals surface area (Å²) in [5.41, 5.74) is 0. The monoisotopic (exact) mass is 983 g/mol. The zero-order valence-corrected chi connectivity index (χ0v) is 44.7. The SMILES string of the molecule is CCC/C=C\C/C=C\CCCCCCCC(=O)OC(CO)COP(=O)(O)OCC(COC(=O)CCCCCCCCCCCCCCC)OC(=O)CCCCCCC/C=C\CCCCCCCC. The predicted molar refractivity (Wildman–Crippen MR) is 279 cm³/mol. The summed E-state index contributed by atoms with van der Waals surface area (Å²) in [5.74, 6) is -1.47. The van der Waals surface area contributed by atoms with Crippen LogP contribution in [0.3, 0.4) is 0 Å². The zero-order valence-electron chi connectivity index (χ0n) is 43.8. The number of hydrogen-bond acceptors (Lipinski definition) is 10. The smallest absolute Gasteiger partial charge is 0.462 e. The highest BCUT2D eigenvalue weighted by atomic mass is 31.2. The Labute approximate surface area is 416 Å². The van der Waals surface area contributed by atoms with E-state index in [1.54, 1.807) is 0 Å². The third-order valence-corrected chi connectivity index (χ3v) is 13.0. The lowest BCUT2D eigenvalue weighted by atomic mass is 10.0. The van der Waals surface area contributed by atoms with E-state index in [2.05, 4.69) is 57.2 Å². The second-order valence-electron chi connectivity index (χ2n) is 18.7. The lowest BCUT2D eigenvalue weighted by molar-refractivity contribution is -0.161. The molecular weight excluding hydrogens is 880 g/mol. The predicted octanol–water partition coefficient (Wildman–Crippen LogP) is 16.0. The maximum atomic E-state index is 12.9. The molecule has 2 N–H and O–H groups in total. The molecule has 0 aliphatic rings. The molecule has 0 aliphatic heterocycles. The van der Waals surface area contributed by atoms with Crippen molar-refractivity contribution in [1.29, 1.82) is 0 Å². The molecule has 0 saturated heterocycles. The first-order valence-corrected chi connectivity index (χ1v) is 29.4. The van der Waals surface area contributed by atoms with Crippen molar-refractivity contribution in [3.8, 4) is 0 Å². The number of carbonyl (C=O) groups is 3. The molecule has 398 valence electrons. The van der Waals surface area contributed by atoms with Crippen LogP contribution in [0, 0.1) is 0 Å². The van der Waals surface area contributed by atoms with E-state index in [-0.39, 0.29) is 25.9 Å². The highest BCUT2D eigenvalue weighted by Gasteiger charge is 2.28. The van der Waals surface area contributed by atoms with E-state index < -0.39 is 57.8 Å². The van der Waals surface area contributed by atoms with Crippen molar-refractivity contribution in [3.05, 3.63) is 36.5 Å². The van der Waals surface area contributed by atoms with Gasteiger partial charge in [0.1, 0.15) is 12.7 Å². The first-order chi connectivity index (χ1) is 33.2. The maximum absolute atomic E-state index is 12.9. The van der Waals surface area contributed by atoms with Crippen molar-refractivity contribution in [2.45, 2.75) is 277 Å². The Morgan fingerprint density at radius 2 is 0.750 bits per heavy atom. The van der Waals surface area contributed by atoms with Crippen LogP contribution in [-0.2, 0) is 42.2 Å². The number of rotatable bonds is 52. The number of esters is 3. The van der Waals surface area contributed by atoms with Gasteiger partial charge in [0.25, 0.3) is 0 Å². The molecule has 0 saturated carbocycles. The van der Waals surface area contributed by atoms with Crippen molar-refractivity contribution in [1.82, 2.24) is 0 Å². The molecule has 12 heteroatoms. The number of aliphatic hydroxyl groups is 1. The van der Waals surface area contributed by atoms with Crippen molar-refractivity contribution >= 4 is 25.7 Å². The molecule has 3 atom stereocenters. The summed E-state index contributed by atoms with van der Waals surface area (Å²) in [6.07, 6.45) is 51.0. The van der Waals surface area contributed by atoms with Crippen molar-refractivity contribution in [2.24, 2.45) is 0 Å². The number of allylic oxidation sites excluding steroid dienone is 6. The highest BCUT2D eigenvalue weighted by molar-refractivity contribution is 7.47. The Bertz CT molecular complexity index is 1280. The summed E-state index contributed by atoms with van der Waals surface area (Å²) in [6.45, 7) is 4.57. The van der Waals surface area contributed by atoms with Gasteiger partial charge in [-0.2, -0.15) is 0 Å². The first-order valence-electron chi connectivity index (χ1n) is 27.9. The van der Waals surface area contributed by atoms with Gasteiger partial charge in [-0.3, -0.25) is 23.4 Å². The maximum Gasteiger partial charge on any atom is 0.472 e. The quantitative estimate of drug-likeness (QED) is 0.0197. The van der Waals surface area contributed by atoms with Gasteiger partial charge in [0, 0.05) is 19.3 Å². The molecule has 0 radical (unpaired) electrons. The summed E-state index contributed by atoms with van der Waals surface area (Å²) < 4.78 is 39.4. The van der Waals surface area contributed by atoms with Crippen molar-refractivity contribution in [2.75, 3.05) is 26.4 Å². The second-order valence-corrected chi connectivity index (χ2v) is 20.2. The topological polar surface area (TPSA) is 155 Å². The Morgan fingerprint density at radius 1 is 0.412 bits per heavy atom. The van der Waals surface area contributed by atoms with E-state index >= 15 is 0 Å². The minimum absolute atomic E-state index is 0.160. The second kappa shape index (κ2) is 51.1. The van der Waals surface area contributed by atoms with Crippen LogP contribution >= 0.6 is 7.82 Å². The molecule has 0 rings (SSSR count). The summed E-state index contributed by atoms with van der Waals surface area (Å²) in [6, 6.07) is 0. The lowest BCUT2D eigenvalue weighted by Crippen LogP contribution is -2.30. The van der Waals surface area contributed by atoms with E-state index in [4.69, 9.17) is 23.3 Å². The first kappa shape index (κ1) is 65.7. The van der Waals surface area contributed by atoms with Gasteiger partial charge in [-0.25, -0.2) is 4.57 Å². The Hall–Kier alpha value is -2.30. The molecule has 0 aromatic rings. The van der Waals surface area contributed by atoms with Crippen LogP contribution in [0.1, 0.15) is 265 Å². The average Bonchev–Trinajstić information content (AvgIpc) is 3.32. The normalized spacial score (nSPS) is 13.7. The van der Waals surface area contributed by atoms with Crippen LogP contribution in [0.5, 0.6) is 0 Å². The molecule has 0 bridgehead atoms. The fourth-order valence-corrected chi connectivity index (χ4v) is 8.53. The number of phosphoric ester groups is 1. The van der Waals surface area contributed by atoms with Gasteiger partial charge in [-0.15, -0.1) is 0 Å². The average molecular weight is 983 g/mol. The number of unbranched alkanes of at least 4 members (excludes halogenated alkanes) is 29. The Kier molecular flexibility index (Phi) is 49.3. The molecule has 0 aromatic heterocycles. The van der Waals surface area contributed by atoms with Gasteiger partial charge in [-0.05, 0) is 70.6 Å². The van der Waals surface area contributed by atoms with Crippen LogP contribution in [0.15, 0.2) is 36.5 Å². The van der Waals surface area contributed by atoms with E-state index in [0.717, 1.165) is 103 Å². The molecule has 0 spiro atoms. The van der Waals surface area contributed by atoms with Crippen molar-refractivity contribution in [3.63, 3.8) is 0 Å². The molecule has 0 aromatic carbocycles. The summed E-state index contributed by atoms with van der Waals surface area (Å²) in [7, 11) is -4.74. The highest BCUT2D eigenvalue weighted by Crippen LogP contribution is 2.43. The molecule has 3 unspecified atom stereocenters. The number of phosphoric acid groups is 1. The molecule has 0 fully saturated rings. The Morgan fingerprint density at radius 3 is 1.16 bits per heavy atom. The van der Waals surface area contributed by atoms with Crippen molar-refractivity contribution < 1.29 is 52.2 Å². The molecule has 68 heavy (non-hydrogen) atoms. The third-order valence-electron chi connectivity index (χ3n) is 12.0. The van der Waals surface area contributed by atoms with Crippen LogP contribution in [0.2, 0.25) is 0 Å². The number of ether oxygens (including phenoxy) is 3. The van der Waals surface area contributed by atoms with Gasteiger partial charge >= 0.3 is 25.7 Å². The minimum atomic E-state index is -4.74. The van der Waals surface area contributed by atoms with E-state index in [1.807, 2.05) is 0 Å². The van der Waals surface area contributed by atoms with Gasteiger partial charge in [0.15, 0.2) is 6.10 Å². The minimum Gasteiger partial charge on any atom is -0.462 e. The molecule has 0 amide bonds. The number of aliphatic hydroxyl groups excluding tert-OH is 1. The number of hydrogen-bond donors (Lipinski definition) is 2. The molecule has 0 heterocycles. The fraction of sp³-hybridized carbons (Fsp3) is 0.839. The van der Waals surface area contributed by atoms with Gasteiger partial charge in [0.05, 0.1) is 19.8 Å². The van der Waals surface area contributed by atoms with Crippen LogP contribution in [0.4, 0.5) is 0 Å². The van der Waals surface area contributed by atoms with E-state index in [0.29, 0.717) is 19.3 Å². The van der Waals surface area contributed by atoms with E-state index in [9.17, 15) is 28.9 Å². The largest absolute Gasteiger partial charge is 0.472 e. The fourth-order valence-electron chi connectivity index (χ4n) is 7.74. The molecule has 0 aliphatic carbocycles. The number of carbonyl (C=O) groups excluding carboxylic acids is 3. The van der Waals surface area contributed by atoms with Gasteiger partial charge < -0.3 is 24.2 Å². The Balaban J connectivity index is 4.73. The summed E-state index contributed by atoms with van der Waals surface area (Å²) in [4.78, 5) is 48.4. The van der Waals surface area contributed by atoms with E-state index in [1.165, 1.54) is 103 Å². The van der Waals surface area contributed by atoms with Gasteiger partial charge in [0.2, 0.25) is 0 Å². The van der Waals surface area contributed by atoms with Crippen LogP contribution in [0.25, 0.3) is 0 Å².